The van der Waals surface area contributed by atoms with Crippen LogP contribution in [0.3, 0.4) is 0 Å². The quantitative estimate of drug-likeness (QED) is 0.748. The van der Waals surface area contributed by atoms with Gasteiger partial charge in [0.15, 0.2) is 0 Å². The van der Waals surface area contributed by atoms with E-state index in [1.807, 2.05) is 0 Å². The number of nitrogens with one attached hydrogen (secondary N) is 1. The largest absolute Gasteiger partial charge is 0.330 e. The number of halogens is 1. The molecule has 0 aromatic carbocycles. The van der Waals surface area contributed by atoms with Crippen LogP contribution < -0.4 is 11.1 Å². The summed E-state index contributed by atoms with van der Waals surface area (Å²) >= 11 is 5.67. The minimum Gasteiger partial charge on any atom is -0.330 e. The van der Waals surface area contributed by atoms with Gasteiger partial charge in [0.2, 0.25) is 5.91 Å². The second-order valence-electron chi connectivity index (χ2n) is 4.31. The number of aromatic nitrogens is 1. The smallest absolute Gasteiger partial charge is 0.224 e. The van der Waals surface area contributed by atoms with Crippen molar-refractivity contribution in [1.82, 2.24) is 4.98 Å². The monoisotopic (exact) mass is 269 g/mol. The fourth-order valence-electron chi connectivity index (χ4n) is 1.80. The lowest BCUT2D eigenvalue weighted by molar-refractivity contribution is -0.116. The molecule has 0 fully saturated rings. The summed E-state index contributed by atoms with van der Waals surface area (Å²) < 4.78 is 0. The second-order valence-corrected chi connectivity index (χ2v) is 4.70. The van der Waals surface area contributed by atoms with Crippen LogP contribution in [0.15, 0.2) is 18.3 Å². The molecule has 1 aromatic heterocycles. The molecule has 1 unspecified atom stereocenters. The summed E-state index contributed by atoms with van der Waals surface area (Å²) in [5, 5.41) is 3.22. The topological polar surface area (TPSA) is 68.0 Å². The van der Waals surface area contributed by atoms with Gasteiger partial charge in [-0.15, -0.1) is 0 Å². The maximum absolute atomic E-state index is 11.7. The highest BCUT2D eigenvalue weighted by atomic mass is 35.5. The molecule has 18 heavy (non-hydrogen) atoms. The van der Waals surface area contributed by atoms with E-state index >= 15 is 0 Å². The number of nitrogens with two attached hydrogens (primary N) is 1. The molecule has 1 atom stereocenters. The van der Waals surface area contributed by atoms with Gasteiger partial charge >= 0.3 is 0 Å². The summed E-state index contributed by atoms with van der Waals surface area (Å²) in [5.74, 6) is 0.540. The third-order valence-corrected chi connectivity index (χ3v) is 3.17. The zero-order valence-electron chi connectivity index (χ0n) is 10.7. The van der Waals surface area contributed by atoms with Crippen molar-refractivity contribution in [3.8, 4) is 0 Å². The molecular formula is C13H20ClN3O. The number of rotatable bonds is 7. The van der Waals surface area contributed by atoms with Crippen molar-refractivity contribution in [2.45, 2.75) is 32.6 Å². The lowest BCUT2D eigenvalue weighted by Crippen LogP contribution is -2.15. The first kappa shape index (κ1) is 14.9. The first-order chi connectivity index (χ1) is 8.65. The molecule has 0 aliphatic rings. The van der Waals surface area contributed by atoms with Gasteiger partial charge in [0.05, 0.1) is 11.9 Å². The Balaban J connectivity index is 2.35. The summed E-state index contributed by atoms with van der Waals surface area (Å²) in [7, 11) is 0. The van der Waals surface area contributed by atoms with Gasteiger partial charge in [-0.05, 0) is 37.4 Å². The lowest BCUT2D eigenvalue weighted by atomic mass is 9.96. The van der Waals surface area contributed by atoms with Crippen LogP contribution in [-0.2, 0) is 4.79 Å². The molecule has 1 aromatic rings. The van der Waals surface area contributed by atoms with Crippen LogP contribution in [0.25, 0.3) is 0 Å². The van der Waals surface area contributed by atoms with E-state index in [9.17, 15) is 4.79 Å². The van der Waals surface area contributed by atoms with Crippen molar-refractivity contribution in [1.29, 1.82) is 0 Å². The van der Waals surface area contributed by atoms with Gasteiger partial charge in [0.25, 0.3) is 0 Å². The standard InChI is InChI=1S/C13H20ClN3O/c1-2-10(7-8-15)3-6-13(18)17-11-4-5-12(14)16-9-11/h4-5,9-10H,2-3,6-8,15H2,1H3,(H,17,18). The average molecular weight is 270 g/mol. The van der Waals surface area contributed by atoms with Crippen LogP contribution in [0.4, 0.5) is 5.69 Å². The molecular weight excluding hydrogens is 250 g/mol. The van der Waals surface area contributed by atoms with Crippen molar-refractivity contribution in [3.63, 3.8) is 0 Å². The van der Waals surface area contributed by atoms with E-state index in [-0.39, 0.29) is 5.91 Å². The van der Waals surface area contributed by atoms with Gasteiger partial charge in [0.1, 0.15) is 5.15 Å². The van der Waals surface area contributed by atoms with Crippen molar-refractivity contribution < 1.29 is 4.79 Å². The Hall–Kier alpha value is -1.13. The Kier molecular flexibility index (Phi) is 6.68. The van der Waals surface area contributed by atoms with E-state index in [1.54, 1.807) is 18.3 Å². The van der Waals surface area contributed by atoms with Gasteiger partial charge in [-0.25, -0.2) is 4.98 Å². The first-order valence-corrected chi connectivity index (χ1v) is 6.65. The fourth-order valence-corrected chi connectivity index (χ4v) is 1.91. The van der Waals surface area contributed by atoms with E-state index in [4.69, 9.17) is 17.3 Å². The predicted molar refractivity (Wildman–Crippen MR) is 74.6 cm³/mol. The minimum atomic E-state index is 0.00888. The predicted octanol–water partition coefficient (Wildman–Crippen LogP) is 2.83. The van der Waals surface area contributed by atoms with Crippen molar-refractivity contribution >= 4 is 23.2 Å². The van der Waals surface area contributed by atoms with Crippen LogP contribution in [0.1, 0.15) is 32.6 Å². The third-order valence-electron chi connectivity index (χ3n) is 2.94. The Morgan fingerprint density at radius 3 is 2.83 bits per heavy atom. The van der Waals surface area contributed by atoms with E-state index in [2.05, 4.69) is 17.2 Å². The van der Waals surface area contributed by atoms with Crippen LogP contribution in [0.2, 0.25) is 5.15 Å². The summed E-state index contributed by atoms with van der Waals surface area (Å²) in [6, 6.07) is 3.39. The number of anilines is 1. The van der Waals surface area contributed by atoms with Crippen molar-refractivity contribution in [2.75, 3.05) is 11.9 Å². The summed E-state index contributed by atoms with van der Waals surface area (Å²) in [4.78, 5) is 15.6. The molecule has 0 bridgehead atoms. The maximum atomic E-state index is 11.7. The Morgan fingerprint density at radius 2 is 2.28 bits per heavy atom. The van der Waals surface area contributed by atoms with Crippen LogP contribution >= 0.6 is 11.6 Å². The molecule has 0 aliphatic carbocycles. The molecule has 0 aliphatic heterocycles. The molecule has 1 amide bonds. The molecule has 0 saturated heterocycles. The van der Waals surface area contributed by atoms with Gasteiger partial charge in [-0.3, -0.25) is 4.79 Å². The van der Waals surface area contributed by atoms with Gasteiger partial charge < -0.3 is 11.1 Å². The van der Waals surface area contributed by atoms with Crippen LogP contribution in [0, 0.1) is 5.92 Å². The first-order valence-electron chi connectivity index (χ1n) is 6.27. The Labute approximate surface area is 113 Å². The normalized spacial score (nSPS) is 12.2. The highest BCUT2D eigenvalue weighted by molar-refractivity contribution is 6.29. The zero-order chi connectivity index (χ0) is 13.4. The molecule has 1 rings (SSSR count). The number of carbonyl (C=O) groups is 1. The average Bonchev–Trinajstić information content (AvgIpc) is 2.37. The molecule has 0 radical (unpaired) electrons. The Bertz CT molecular complexity index is 367. The number of nitrogens with zero attached hydrogens (tertiary/aromatic N) is 1. The maximum Gasteiger partial charge on any atom is 0.224 e. The molecule has 0 saturated carbocycles. The molecule has 5 heteroatoms. The van der Waals surface area contributed by atoms with Gasteiger partial charge in [-0.2, -0.15) is 0 Å². The molecule has 100 valence electrons. The van der Waals surface area contributed by atoms with E-state index in [0.717, 1.165) is 19.3 Å². The van der Waals surface area contributed by atoms with Crippen LogP contribution in [0.5, 0.6) is 0 Å². The number of pyridine rings is 1. The molecule has 0 spiro atoms. The van der Waals surface area contributed by atoms with Gasteiger partial charge in [0, 0.05) is 6.42 Å². The van der Waals surface area contributed by atoms with Crippen molar-refractivity contribution in [2.24, 2.45) is 11.7 Å². The Morgan fingerprint density at radius 1 is 1.50 bits per heavy atom. The van der Waals surface area contributed by atoms with Gasteiger partial charge in [-0.1, -0.05) is 24.9 Å². The van der Waals surface area contributed by atoms with Crippen molar-refractivity contribution in [3.05, 3.63) is 23.5 Å². The van der Waals surface area contributed by atoms with E-state index in [1.165, 1.54) is 0 Å². The lowest BCUT2D eigenvalue weighted by Gasteiger charge is -2.13. The highest BCUT2D eigenvalue weighted by Gasteiger charge is 2.09. The number of hydrogen-bond donors (Lipinski definition) is 2. The fraction of sp³-hybridized carbons (Fsp3) is 0.538. The molecule has 3 N–H and O–H groups in total. The third kappa shape index (κ3) is 5.47. The minimum absolute atomic E-state index is 0.00888. The summed E-state index contributed by atoms with van der Waals surface area (Å²) in [6.07, 6.45) is 4.98. The summed E-state index contributed by atoms with van der Waals surface area (Å²) in [6.45, 7) is 2.81. The molecule has 4 nitrogen and oxygen atoms in total. The SMILES string of the molecule is CCC(CCN)CCC(=O)Nc1ccc(Cl)nc1. The number of carbonyl (C=O) groups excluding carboxylic acids is 1. The highest BCUT2D eigenvalue weighted by Crippen LogP contribution is 2.16. The number of amides is 1. The van der Waals surface area contributed by atoms with E-state index in [0.29, 0.717) is 29.7 Å². The summed E-state index contributed by atoms with van der Waals surface area (Å²) in [5.41, 5.74) is 6.20. The second kappa shape index (κ2) is 8.06. The van der Waals surface area contributed by atoms with E-state index < -0.39 is 0 Å². The molecule has 1 heterocycles. The van der Waals surface area contributed by atoms with Crippen LogP contribution in [-0.4, -0.2) is 17.4 Å². The zero-order valence-corrected chi connectivity index (χ0v) is 11.4. The number of hydrogen-bond acceptors (Lipinski definition) is 3.